The Kier molecular flexibility index (Phi) is 8.62. The van der Waals surface area contributed by atoms with Crippen molar-refractivity contribution in [3.63, 3.8) is 0 Å². The summed E-state index contributed by atoms with van der Waals surface area (Å²) in [6.07, 6.45) is 15.6. The van der Waals surface area contributed by atoms with Crippen LogP contribution >= 0.6 is 11.9 Å². The molecule has 0 aliphatic heterocycles. The Labute approximate surface area is 236 Å². The number of hydrogen-bond acceptors (Lipinski definition) is 3. The van der Waals surface area contributed by atoms with Crippen molar-refractivity contribution in [1.82, 2.24) is 10.0 Å². The second kappa shape index (κ2) is 11.6. The molecule has 0 aromatic heterocycles. The molecule has 0 heterocycles. The van der Waals surface area contributed by atoms with Gasteiger partial charge in [-0.25, -0.2) is 4.79 Å². The van der Waals surface area contributed by atoms with Crippen LogP contribution in [0.2, 0.25) is 0 Å². The molecule has 4 aliphatic rings. The minimum Gasteiger partial charge on any atom is -0.497 e. The summed E-state index contributed by atoms with van der Waals surface area (Å²) in [6.45, 7) is 11.1. The number of carbonyl (C=O) groups excluding carboxylic acids is 1. The van der Waals surface area contributed by atoms with Crippen molar-refractivity contribution in [3.8, 4) is 5.75 Å². The second-order valence-corrected chi connectivity index (χ2v) is 14.6. The zero-order valence-electron chi connectivity index (χ0n) is 24.6. The van der Waals surface area contributed by atoms with Gasteiger partial charge in [0.15, 0.2) is 0 Å². The van der Waals surface area contributed by atoms with Crippen molar-refractivity contribution >= 4 is 18.0 Å². The summed E-state index contributed by atoms with van der Waals surface area (Å²) >= 11 is 1.35. The number of methoxy groups -OCH3 is 1. The first-order valence-electron chi connectivity index (χ1n) is 15.6. The molecule has 4 fully saturated rings. The number of carbonyl (C=O) groups is 1. The highest BCUT2D eigenvalue weighted by Gasteiger charge is 2.61. The normalized spacial score (nSPS) is 38.9. The Hall–Kier alpha value is -1.36. The third kappa shape index (κ3) is 5.22. The van der Waals surface area contributed by atoms with Crippen LogP contribution in [0.4, 0.5) is 4.79 Å². The summed E-state index contributed by atoms with van der Waals surface area (Å²) in [6, 6.07) is 7.65. The standard InChI is InChI=1S/C33H52N2O2S/c1-6-23-21-26-29-15-14-27(33(29,4)19-16-30(26)32(3)18-8-7-9-28(23)32)22(2)17-20-34-31(36)35-38-25-12-10-24(37-5)11-13-25/h10-13,22-23,26-30H,6-9,14-21H2,1-5H3,(H2,34,35,36)/t22-,23+,26?,27?,28?,29?,30+,32?,33?/m1/s1. The second-order valence-electron chi connectivity index (χ2n) is 13.8. The monoisotopic (exact) mass is 540 g/mol. The number of hydrogen-bond donors (Lipinski definition) is 2. The van der Waals surface area contributed by atoms with Gasteiger partial charge in [-0.15, -0.1) is 0 Å². The first-order chi connectivity index (χ1) is 18.3. The molecule has 5 heteroatoms. The lowest BCUT2D eigenvalue weighted by Crippen LogP contribution is -2.55. The van der Waals surface area contributed by atoms with E-state index in [0.717, 1.165) is 59.1 Å². The molecule has 1 aromatic rings. The number of nitrogens with one attached hydrogen (secondary N) is 2. The third-order valence-corrected chi connectivity index (χ3v) is 13.0. The molecule has 0 radical (unpaired) electrons. The van der Waals surface area contributed by atoms with Gasteiger partial charge in [-0.3, -0.25) is 4.72 Å². The zero-order valence-corrected chi connectivity index (χ0v) is 25.4. The Morgan fingerprint density at radius 3 is 2.53 bits per heavy atom. The van der Waals surface area contributed by atoms with Crippen molar-refractivity contribution in [3.05, 3.63) is 24.3 Å². The van der Waals surface area contributed by atoms with E-state index in [2.05, 4.69) is 37.7 Å². The molecule has 212 valence electrons. The summed E-state index contributed by atoms with van der Waals surface area (Å²) in [7, 11) is 1.66. The molecule has 9 atom stereocenters. The minimum atomic E-state index is -0.0999. The highest BCUT2D eigenvalue weighted by atomic mass is 32.2. The predicted octanol–water partition coefficient (Wildman–Crippen LogP) is 8.71. The highest BCUT2D eigenvalue weighted by Crippen LogP contribution is 2.69. The molecule has 6 unspecified atom stereocenters. The Morgan fingerprint density at radius 1 is 1.03 bits per heavy atom. The van der Waals surface area contributed by atoms with Crippen LogP contribution in [-0.4, -0.2) is 19.7 Å². The average Bonchev–Trinajstić information content (AvgIpc) is 3.28. The van der Waals surface area contributed by atoms with Crippen LogP contribution in [0.5, 0.6) is 5.75 Å². The Bertz CT molecular complexity index is 953. The fourth-order valence-electron chi connectivity index (χ4n) is 10.4. The van der Waals surface area contributed by atoms with Crippen molar-refractivity contribution < 1.29 is 9.53 Å². The fourth-order valence-corrected chi connectivity index (χ4v) is 10.9. The van der Waals surface area contributed by atoms with Gasteiger partial charge in [0.1, 0.15) is 5.75 Å². The molecule has 4 saturated carbocycles. The molecule has 2 N–H and O–H groups in total. The summed E-state index contributed by atoms with van der Waals surface area (Å²) in [5.74, 6) is 7.06. The number of benzene rings is 1. The van der Waals surface area contributed by atoms with E-state index in [1.807, 2.05) is 24.3 Å². The number of urea groups is 1. The van der Waals surface area contributed by atoms with Gasteiger partial charge in [-0.1, -0.05) is 47.0 Å². The number of amides is 2. The lowest BCUT2D eigenvalue weighted by Gasteiger charge is -2.63. The van der Waals surface area contributed by atoms with Crippen LogP contribution in [0.15, 0.2) is 29.2 Å². The maximum absolute atomic E-state index is 12.4. The summed E-state index contributed by atoms with van der Waals surface area (Å²) in [4.78, 5) is 13.4. The SMILES string of the molecule is CC[C@H]1CC2C3CCC([C@H](C)CCNC(=O)NSc4ccc(OC)cc4)C3(C)CC[C@@H]2C2(C)CCCCC12. The van der Waals surface area contributed by atoms with Gasteiger partial charge in [-0.05, 0) is 140 Å². The van der Waals surface area contributed by atoms with Gasteiger partial charge in [0.05, 0.1) is 7.11 Å². The maximum atomic E-state index is 12.4. The zero-order chi connectivity index (χ0) is 26.9. The van der Waals surface area contributed by atoms with E-state index in [-0.39, 0.29) is 6.03 Å². The largest absolute Gasteiger partial charge is 0.497 e. The molecule has 0 spiro atoms. The molecule has 38 heavy (non-hydrogen) atoms. The maximum Gasteiger partial charge on any atom is 0.325 e. The van der Waals surface area contributed by atoms with Crippen LogP contribution in [0.1, 0.15) is 98.3 Å². The third-order valence-electron chi connectivity index (χ3n) is 12.2. The first kappa shape index (κ1) is 28.2. The molecule has 0 bridgehead atoms. The van der Waals surface area contributed by atoms with E-state index in [1.165, 1.54) is 76.2 Å². The predicted molar refractivity (Wildman–Crippen MR) is 158 cm³/mol. The van der Waals surface area contributed by atoms with E-state index in [9.17, 15) is 4.79 Å². The van der Waals surface area contributed by atoms with E-state index >= 15 is 0 Å². The fraction of sp³-hybridized carbons (Fsp3) is 0.788. The average molecular weight is 541 g/mol. The van der Waals surface area contributed by atoms with E-state index < -0.39 is 0 Å². The van der Waals surface area contributed by atoms with Gasteiger partial charge in [0.2, 0.25) is 0 Å². The topological polar surface area (TPSA) is 50.4 Å². The summed E-state index contributed by atoms with van der Waals surface area (Å²) < 4.78 is 8.13. The lowest BCUT2D eigenvalue weighted by atomic mass is 9.42. The van der Waals surface area contributed by atoms with Crippen LogP contribution in [0, 0.1) is 52.3 Å². The van der Waals surface area contributed by atoms with Crippen molar-refractivity contribution in [2.75, 3.05) is 13.7 Å². The lowest BCUT2D eigenvalue weighted by molar-refractivity contribution is -0.138. The summed E-state index contributed by atoms with van der Waals surface area (Å²) in [5.41, 5.74) is 1.09. The quantitative estimate of drug-likeness (QED) is 0.324. The molecular weight excluding hydrogens is 488 g/mol. The van der Waals surface area contributed by atoms with Crippen molar-refractivity contribution in [1.29, 1.82) is 0 Å². The van der Waals surface area contributed by atoms with Crippen LogP contribution in [0.3, 0.4) is 0 Å². The Morgan fingerprint density at radius 2 is 1.79 bits per heavy atom. The number of fused-ring (bicyclic) bond motifs is 5. The van der Waals surface area contributed by atoms with Crippen LogP contribution in [-0.2, 0) is 0 Å². The molecule has 4 aliphatic carbocycles. The number of rotatable bonds is 8. The van der Waals surface area contributed by atoms with Crippen LogP contribution in [0.25, 0.3) is 0 Å². The first-order valence-corrected chi connectivity index (χ1v) is 16.5. The van der Waals surface area contributed by atoms with Crippen LogP contribution < -0.4 is 14.8 Å². The Balaban J connectivity index is 1.14. The highest BCUT2D eigenvalue weighted by molar-refractivity contribution is 7.98. The van der Waals surface area contributed by atoms with E-state index in [4.69, 9.17) is 4.74 Å². The van der Waals surface area contributed by atoms with Gasteiger partial charge in [-0.2, -0.15) is 0 Å². The van der Waals surface area contributed by atoms with Crippen molar-refractivity contribution in [2.24, 2.45) is 52.3 Å². The summed E-state index contributed by atoms with van der Waals surface area (Å²) in [5, 5.41) is 3.11. The molecule has 1 aromatic carbocycles. The van der Waals surface area contributed by atoms with Gasteiger partial charge in [0.25, 0.3) is 0 Å². The molecule has 2 amide bonds. The van der Waals surface area contributed by atoms with E-state index in [1.54, 1.807) is 7.11 Å². The van der Waals surface area contributed by atoms with Gasteiger partial charge >= 0.3 is 6.03 Å². The molecule has 4 nitrogen and oxygen atoms in total. The smallest absolute Gasteiger partial charge is 0.325 e. The van der Waals surface area contributed by atoms with E-state index in [0.29, 0.717) is 16.7 Å². The molecular formula is C33H52N2O2S. The van der Waals surface area contributed by atoms with Crippen molar-refractivity contribution in [2.45, 2.75) is 103 Å². The number of ether oxygens (including phenoxy) is 1. The van der Waals surface area contributed by atoms with Gasteiger partial charge in [0, 0.05) is 11.4 Å². The minimum absolute atomic E-state index is 0.0999. The molecule has 5 rings (SSSR count). The van der Waals surface area contributed by atoms with Gasteiger partial charge < -0.3 is 10.1 Å². The molecule has 0 saturated heterocycles.